The Labute approximate surface area is 139 Å². The van der Waals surface area contributed by atoms with E-state index in [1.54, 1.807) is 4.90 Å². The largest absolute Gasteiger partial charge is 0.346 e. The van der Waals surface area contributed by atoms with E-state index in [-0.39, 0.29) is 24.4 Å². The lowest BCUT2D eigenvalue weighted by molar-refractivity contribution is -0.129. The highest BCUT2D eigenvalue weighted by Crippen LogP contribution is 2.11. The summed E-state index contributed by atoms with van der Waals surface area (Å²) in [4.78, 5) is 13.8. The van der Waals surface area contributed by atoms with E-state index in [2.05, 4.69) is 13.8 Å². The number of benzene rings is 1. The van der Waals surface area contributed by atoms with Crippen molar-refractivity contribution >= 4 is 29.9 Å². The molecule has 0 saturated heterocycles. The second-order valence-corrected chi connectivity index (χ2v) is 6.07. The first kappa shape index (κ1) is 20.2. The molecule has 0 saturated carbocycles. The molecule has 0 bridgehead atoms. The SMILES string of the molecule is CC(C)C(N)CCN(C)C(=O)CCc1ccc(Cl)cc1.Cl. The van der Waals surface area contributed by atoms with E-state index < -0.39 is 0 Å². The summed E-state index contributed by atoms with van der Waals surface area (Å²) in [5.41, 5.74) is 7.13. The standard InChI is InChI=1S/C16H25ClN2O.ClH/c1-12(2)15(18)10-11-19(3)16(20)9-6-13-4-7-14(17)8-5-13;/h4-5,7-8,12,15H,6,9-11,18H2,1-3H3;1H. The number of nitrogens with zero attached hydrogens (tertiary/aromatic N) is 1. The maximum Gasteiger partial charge on any atom is 0.222 e. The van der Waals surface area contributed by atoms with Crippen molar-refractivity contribution in [3.8, 4) is 0 Å². The molecule has 1 aromatic carbocycles. The third-order valence-corrected chi connectivity index (χ3v) is 3.87. The van der Waals surface area contributed by atoms with Crippen molar-refractivity contribution < 1.29 is 4.79 Å². The summed E-state index contributed by atoms with van der Waals surface area (Å²) in [6.45, 7) is 4.93. The molecule has 0 spiro atoms. The van der Waals surface area contributed by atoms with E-state index in [1.807, 2.05) is 31.3 Å². The van der Waals surface area contributed by atoms with Gasteiger partial charge in [-0.25, -0.2) is 0 Å². The molecular weight excluding hydrogens is 307 g/mol. The van der Waals surface area contributed by atoms with Crippen molar-refractivity contribution in [2.75, 3.05) is 13.6 Å². The van der Waals surface area contributed by atoms with Gasteiger partial charge in [-0.1, -0.05) is 37.6 Å². The molecular formula is C16H26Cl2N2O. The fourth-order valence-corrected chi connectivity index (χ4v) is 2.02. The van der Waals surface area contributed by atoms with Crippen LogP contribution in [0.5, 0.6) is 0 Å². The van der Waals surface area contributed by atoms with E-state index in [4.69, 9.17) is 17.3 Å². The second kappa shape index (κ2) is 10.0. The quantitative estimate of drug-likeness (QED) is 0.830. The molecule has 1 atom stereocenters. The minimum absolute atomic E-state index is 0. The summed E-state index contributed by atoms with van der Waals surface area (Å²) in [5, 5.41) is 0.722. The number of amides is 1. The molecule has 1 amide bonds. The molecule has 21 heavy (non-hydrogen) atoms. The molecule has 1 unspecified atom stereocenters. The minimum Gasteiger partial charge on any atom is -0.346 e. The first-order valence-electron chi connectivity index (χ1n) is 7.14. The van der Waals surface area contributed by atoms with Crippen LogP contribution in [0.15, 0.2) is 24.3 Å². The van der Waals surface area contributed by atoms with Gasteiger partial charge in [-0.3, -0.25) is 4.79 Å². The number of hydrogen-bond donors (Lipinski definition) is 1. The van der Waals surface area contributed by atoms with Crippen LogP contribution < -0.4 is 5.73 Å². The zero-order chi connectivity index (χ0) is 15.1. The first-order valence-corrected chi connectivity index (χ1v) is 7.52. The van der Waals surface area contributed by atoms with Crippen molar-refractivity contribution in [3.05, 3.63) is 34.9 Å². The maximum absolute atomic E-state index is 12.0. The van der Waals surface area contributed by atoms with E-state index in [0.717, 1.165) is 30.0 Å². The van der Waals surface area contributed by atoms with Crippen LogP contribution in [0.25, 0.3) is 0 Å². The average molecular weight is 333 g/mol. The van der Waals surface area contributed by atoms with Crippen LogP contribution >= 0.6 is 24.0 Å². The molecule has 0 aliphatic rings. The molecule has 2 N–H and O–H groups in total. The fraction of sp³-hybridized carbons (Fsp3) is 0.562. The Morgan fingerprint density at radius 1 is 1.29 bits per heavy atom. The molecule has 0 radical (unpaired) electrons. The van der Waals surface area contributed by atoms with Gasteiger partial charge < -0.3 is 10.6 Å². The Morgan fingerprint density at radius 2 is 1.86 bits per heavy atom. The average Bonchev–Trinajstić information content (AvgIpc) is 2.43. The third-order valence-electron chi connectivity index (χ3n) is 3.62. The Balaban J connectivity index is 0.00000400. The lowest BCUT2D eigenvalue weighted by Gasteiger charge is -2.21. The second-order valence-electron chi connectivity index (χ2n) is 5.64. The molecule has 0 fully saturated rings. The minimum atomic E-state index is 0. The summed E-state index contributed by atoms with van der Waals surface area (Å²) < 4.78 is 0. The van der Waals surface area contributed by atoms with Crippen LogP contribution in [-0.4, -0.2) is 30.4 Å². The Kier molecular flexibility index (Phi) is 9.67. The highest BCUT2D eigenvalue weighted by Gasteiger charge is 2.12. The van der Waals surface area contributed by atoms with Crippen LogP contribution in [0, 0.1) is 5.92 Å². The van der Waals surface area contributed by atoms with E-state index in [1.165, 1.54) is 0 Å². The molecule has 0 aliphatic carbocycles. The number of hydrogen-bond acceptors (Lipinski definition) is 2. The van der Waals surface area contributed by atoms with Gasteiger partial charge in [0.1, 0.15) is 0 Å². The zero-order valence-corrected chi connectivity index (χ0v) is 14.6. The predicted molar refractivity (Wildman–Crippen MR) is 92.1 cm³/mol. The van der Waals surface area contributed by atoms with Crippen LogP contribution in [-0.2, 0) is 11.2 Å². The molecule has 0 aromatic heterocycles. The van der Waals surface area contributed by atoms with Crippen LogP contribution in [0.2, 0.25) is 5.02 Å². The lowest BCUT2D eigenvalue weighted by Crippen LogP contribution is -2.34. The van der Waals surface area contributed by atoms with Crippen molar-refractivity contribution in [1.82, 2.24) is 4.90 Å². The first-order chi connectivity index (χ1) is 9.40. The summed E-state index contributed by atoms with van der Waals surface area (Å²) >= 11 is 5.83. The summed E-state index contributed by atoms with van der Waals surface area (Å²) in [5.74, 6) is 0.614. The van der Waals surface area contributed by atoms with Gasteiger partial charge in [0.25, 0.3) is 0 Å². The molecule has 120 valence electrons. The van der Waals surface area contributed by atoms with Gasteiger partial charge in [-0.05, 0) is 36.5 Å². The maximum atomic E-state index is 12.0. The monoisotopic (exact) mass is 332 g/mol. The summed E-state index contributed by atoms with van der Waals surface area (Å²) in [6.07, 6.45) is 2.12. The topological polar surface area (TPSA) is 46.3 Å². The number of carbonyl (C=O) groups is 1. The zero-order valence-electron chi connectivity index (χ0n) is 13.0. The Hall–Kier alpha value is -0.770. The highest BCUT2D eigenvalue weighted by atomic mass is 35.5. The van der Waals surface area contributed by atoms with Gasteiger partial charge in [0, 0.05) is 31.1 Å². The lowest BCUT2D eigenvalue weighted by atomic mass is 10.0. The van der Waals surface area contributed by atoms with Crippen LogP contribution in [0.3, 0.4) is 0 Å². The third kappa shape index (κ3) is 7.70. The van der Waals surface area contributed by atoms with Crippen molar-refractivity contribution in [2.24, 2.45) is 11.7 Å². The van der Waals surface area contributed by atoms with Gasteiger partial charge in [0.05, 0.1) is 0 Å². The Bertz CT molecular complexity index is 421. The van der Waals surface area contributed by atoms with Crippen molar-refractivity contribution in [2.45, 2.75) is 39.2 Å². The van der Waals surface area contributed by atoms with E-state index in [0.29, 0.717) is 12.3 Å². The number of rotatable bonds is 7. The fourth-order valence-electron chi connectivity index (χ4n) is 1.89. The normalized spacial score (nSPS) is 11.9. The van der Waals surface area contributed by atoms with Crippen molar-refractivity contribution in [3.63, 3.8) is 0 Å². The predicted octanol–water partition coefficient (Wildman–Crippen LogP) is 3.53. The number of carbonyl (C=O) groups excluding carboxylic acids is 1. The van der Waals surface area contributed by atoms with Gasteiger partial charge in [-0.2, -0.15) is 0 Å². The number of nitrogens with two attached hydrogens (primary N) is 1. The van der Waals surface area contributed by atoms with E-state index in [9.17, 15) is 4.79 Å². The van der Waals surface area contributed by atoms with Crippen LogP contribution in [0.4, 0.5) is 0 Å². The number of aryl methyl sites for hydroxylation is 1. The van der Waals surface area contributed by atoms with Gasteiger partial charge in [-0.15, -0.1) is 12.4 Å². The summed E-state index contributed by atoms with van der Waals surface area (Å²) in [6, 6.07) is 7.79. The van der Waals surface area contributed by atoms with Gasteiger partial charge in [0.2, 0.25) is 5.91 Å². The molecule has 5 heteroatoms. The number of halogens is 2. The van der Waals surface area contributed by atoms with Crippen molar-refractivity contribution in [1.29, 1.82) is 0 Å². The molecule has 0 aliphatic heterocycles. The highest BCUT2D eigenvalue weighted by molar-refractivity contribution is 6.30. The van der Waals surface area contributed by atoms with Gasteiger partial charge >= 0.3 is 0 Å². The molecule has 0 heterocycles. The molecule has 1 aromatic rings. The van der Waals surface area contributed by atoms with E-state index >= 15 is 0 Å². The summed E-state index contributed by atoms with van der Waals surface area (Å²) in [7, 11) is 1.84. The molecule has 3 nitrogen and oxygen atoms in total. The van der Waals surface area contributed by atoms with Crippen LogP contribution in [0.1, 0.15) is 32.3 Å². The van der Waals surface area contributed by atoms with Gasteiger partial charge in [0.15, 0.2) is 0 Å². The molecule has 1 rings (SSSR count). The smallest absolute Gasteiger partial charge is 0.222 e. The Morgan fingerprint density at radius 3 is 2.38 bits per heavy atom.